The van der Waals surface area contributed by atoms with Crippen LogP contribution in [0, 0.1) is 0 Å². The number of hydrogen-bond donors (Lipinski definition) is 1. The van der Waals surface area contributed by atoms with E-state index in [1.54, 1.807) is 6.07 Å². The lowest BCUT2D eigenvalue weighted by molar-refractivity contribution is 1.08. The van der Waals surface area contributed by atoms with Gasteiger partial charge >= 0.3 is 0 Å². The van der Waals surface area contributed by atoms with E-state index in [4.69, 9.17) is 23.2 Å². The highest BCUT2D eigenvalue weighted by Gasteiger charge is 2.32. The molecule has 1 atom stereocenters. The zero-order valence-electron chi connectivity index (χ0n) is 12.7. The molecule has 0 saturated heterocycles. The van der Waals surface area contributed by atoms with Gasteiger partial charge in [0.2, 0.25) is 0 Å². The van der Waals surface area contributed by atoms with Gasteiger partial charge in [-0.3, -0.25) is 0 Å². The largest absolute Gasteiger partial charge is 0.357 e. The molecule has 1 saturated carbocycles. The fourth-order valence-corrected chi connectivity index (χ4v) is 3.80. The molecule has 0 amide bonds. The molecule has 1 heterocycles. The summed E-state index contributed by atoms with van der Waals surface area (Å²) in [6, 6.07) is 12.4. The van der Waals surface area contributed by atoms with Gasteiger partial charge < -0.3 is 5.32 Å². The van der Waals surface area contributed by atoms with Crippen LogP contribution in [-0.4, -0.2) is 0 Å². The third-order valence-electron chi connectivity index (χ3n) is 4.74. The molecule has 1 fully saturated rings. The Morgan fingerprint density at radius 3 is 2.30 bits per heavy atom. The third-order valence-corrected chi connectivity index (χ3v) is 5.39. The van der Waals surface area contributed by atoms with Crippen molar-refractivity contribution in [2.75, 3.05) is 5.32 Å². The maximum atomic E-state index is 6.43. The molecule has 1 N–H and O–H groups in total. The van der Waals surface area contributed by atoms with Gasteiger partial charge in [0.25, 0.3) is 0 Å². The number of anilines is 1. The number of nitrogens with one attached hydrogen (secondary N) is 1. The van der Waals surface area contributed by atoms with Crippen LogP contribution in [0.1, 0.15) is 41.4 Å². The van der Waals surface area contributed by atoms with Crippen LogP contribution in [0.15, 0.2) is 55.3 Å². The predicted molar refractivity (Wildman–Crippen MR) is 99.4 cm³/mol. The molecule has 0 radical (unpaired) electrons. The van der Waals surface area contributed by atoms with Crippen molar-refractivity contribution in [2.24, 2.45) is 0 Å². The quantitative estimate of drug-likeness (QED) is 0.662. The molecule has 0 aromatic heterocycles. The van der Waals surface area contributed by atoms with E-state index in [-0.39, 0.29) is 5.92 Å². The van der Waals surface area contributed by atoms with Gasteiger partial charge in [0.15, 0.2) is 0 Å². The molecular weight excluding hydrogens is 325 g/mol. The van der Waals surface area contributed by atoms with Crippen LogP contribution in [-0.2, 0) is 0 Å². The van der Waals surface area contributed by atoms with Crippen molar-refractivity contribution in [3.05, 3.63) is 82.0 Å². The van der Waals surface area contributed by atoms with Gasteiger partial charge in [0.05, 0.1) is 16.6 Å². The van der Waals surface area contributed by atoms with Gasteiger partial charge in [-0.05, 0) is 47.6 Å². The Kier molecular flexibility index (Phi) is 3.51. The Labute approximate surface area is 146 Å². The minimum Gasteiger partial charge on any atom is -0.357 e. The molecule has 0 bridgehead atoms. The minimum atomic E-state index is -0.0528. The maximum Gasteiger partial charge on any atom is 0.0645 e. The molecule has 1 nitrogen and oxygen atoms in total. The first-order valence-corrected chi connectivity index (χ1v) is 8.54. The van der Waals surface area contributed by atoms with Crippen molar-refractivity contribution in [3.8, 4) is 0 Å². The van der Waals surface area contributed by atoms with Crippen molar-refractivity contribution in [2.45, 2.75) is 24.7 Å². The molecule has 1 aliphatic heterocycles. The summed E-state index contributed by atoms with van der Waals surface area (Å²) in [6.45, 7) is 8.46. The number of halogens is 2. The average molecular weight is 342 g/mol. The van der Waals surface area contributed by atoms with Gasteiger partial charge in [0.1, 0.15) is 0 Å². The highest BCUT2D eigenvalue weighted by Crippen LogP contribution is 2.50. The average Bonchev–Trinajstić information content (AvgIpc) is 3.33. The monoisotopic (exact) mass is 341 g/mol. The zero-order valence-corrected chi connectivity index (χ0v) is 14.2. The van der Waals surface area contributed by atoms with Crippen LogP contribution in [0.5, 0.6) is 0 Å². The van der Waals surface area contributed by atoms with Crippen molar-refractivity contribution in [1.82, 2.24) is 0 Å². The second kappa shape index (κ2) is 5.43. The van der Waals surface area contributed by atoms with Crippen molar-refractivity contribution < 1.29 is 0 Å². The lowest BCUT2D eigenvalue weighted by atomic mass is 9.87. The normalized spacial score (nSPS) is 19.4. The Morgan fingerprint density at radius 2 is 1.65 bits per heavy atom. The van der Waals surface area contributed by atoms with E-state index in [2.05, 4.69) is 42.7 Å². The van der Waals surface area contributed by atoms with Gasteiger partial charge in [-0.2, -0.15) is 0 Å². The number of rotatable bonds is 3. The molecule has 2 aromatic carbocycles. The first-order valence-electron chi connectivity index (χ1n) is 7.79. The van der Waals surface area contributed by atoms with Gasteiger partial charge in [0, 0.05) is 16.3 Å². The van der Waals surface area contributed by atoms with E-state index in [1.807, 2.05) is 6.07 Å². The van der Waals surface area contributed by atoms with E-state index >= 15 is 0 Å². The van der Waals surface area contributed by atoms with Crippen LogP contribution in [0.2, 0.25) is 10.0 Å². The summed E-state index contributed by atoms with van der Waals surface area (Å²) in [7, 11) is 0. The highest BCUT2D eigenvalue weighted by atomic mass is 35.5. The summed E-state index contributed by atoms with van der Waals surface area (Å²) in [5.74, 6) is 0.706. The zero-order chi connectivity index (χ0) is 16.1. The van der Waals surface area contributed by atoms with Crippen LogP contribution < -0.4 is 5.32 Å². The molecular formula is C20H17Cl2N. The molecule has 1 aliphatic carbocycles. The summed E-state index contributed by atoms with van der Waals surface area (Å²) in [6.07, 6.45) is 2.62. The van der Waals surface area contributed by atoms with Crippen molar-refractivity contribution in [3.63, 3.8) is 0 Å². The van der Waals surface area contributed by atoms with Gasteiger partial charge in [-0.25, -0.2) is 0 Å². The lowest BCUT2D eigenvalue weighted by Gasteiger charge is -2.17. The SMILES string of the molecule is C=C1Nc2c(Cl)ccc(Cl)c2C1C(=C)c1ccc(C2CC2)cc1. The Bertz CT molecular complexity index is 816. The van der Waals surface area contributed by atoms with E-state index in [0.717, 1.165) is 34.0 Å². The van der Waals surface area contributed by atoms with Gasteiger partial charge in [-0.15, -0.1) is 0 Å². The third kappa shape index (κ3) is 2.49. The molecule has 23 heavy (non-hydrogen) atoms. The number of allylic oxidation sites excluding steroid dienone is 1. The highest BCUT2D eigenvalue weighted by molar-refractivity contribution is 6.36. The molecule has 2 aromatic rings. The number of benzene rings is 2. The number of fused-ring (bicyclic) bond motifs is 1. The first kappa shape index (κ1) is 14.9. The second-order valence-electron chi connectivity index (χ2n) is 6.32. The van der Waals surface area contributed by atoms with E-state index in [1.165, 1.54) is 18.4 Å². The summed E-state index contributed by atoms with van der Waals surface area (Å²) >= 11 is 12.7. The molecule has 116 valence electrons. The molecule has 3 heteroatoms. The first-order chi connectivity index (χ1) is 11.1. The minimum absolute atomic E-state index is 0.0528. The standard InChI is InChI=1S/C20H17Cl2N/c1-11(13-3-5-14(6-4-13)15-7-8-15)18-12(2)23-20-17(22)10-9-16(21)19(18)20/h3-6,9-10,15,18,23H,1-2,7-8H2. The predicted octanol–water partition coefficient (Wildman–Crippen LogP) is 6.61. The lowest BCUT2D eigenvalue weighted by Crippen LogP contribution is -2.01. The molecule has 1 unspecified atom stereocenters. The topological polar surface area (TPSA) is 12.0 Å². The van der Waals surface area contributed by atoms with Crippen molar-refractivity contribution >= 4 is 34.5 Å². The molecule has 2 aliphatic rings. The molecule has 4 rings (SSSR count). The summed E-state index contributed by atoms with van der Waals surface area (Å²) in [4.78, 5) is 0. The maximum absolute atomic E-state index is 6.43. The molecule has 0 spiro atoms. The fraction of sp³-hybridized carbons (Fsp3) is 0.200. The van der Waals surface area contributed by atoms with E-state index in [0.29, 0.717) is 10.0 Å². The van der Waals surface area contributed by atoms with Crippen molar-refractivity contribution in [1.29, 1.82) is 0 Å². The Morgan fingerprint density at radius 1 is 1.00 bits per heavy atom. The van der Waals surface area contributed by atoms with E-state index < -0.39 is 0 Å². The van der Waals surface area contributed by atoms with Crippen LogP contribution in [0.25, 0.3) is 5.57 Å². The smallest absolute Gasteiger partial charge is 0.0645 e. The Hall–Kier alpha value is -1.70. The van der Waals surface area contributed by atoms with Gasteiger partial charge in [-0.1, -0.05) is 60.6 Å². The number of hydrogen-bond acceptors (Lipinski definition) is 1. The van der Waals surface area contributed by atoms with Crippen LogP contribution in [0.4, 0.5) is 5.69 Å². The van der Waals surface area contributed by atoms with Crippen LogP contribution in [0.3, 0.4) is 0 Å². The summed E-state index contributed by atoms with van der Waals surface area (Å²) < 4.78 is 0. The Balaban J connectivity index is 1.72. The summed E-state index contributed by atoms with van der Waals surface area (Å²) in [5, 5.41) is 4.62. The summed E-state index contributed by atoms with van der Waals surface area (Å²) in [5.41, 5.74) is 6.22. The second-order valence-corrected chi connectivity index (χ2v) is 7.14. The van der Waals surface area contributed by atoms with E-state index in [9.17, 15) is 0 Å². The fourth-order valence-electron chi connectivity index (χ4n) is 3.32. The van der Waals surface area contributed by atoms with Crippen LogP contribution >= 0.6 is 23.2 Å².